The number of ether oxygens (including phenoxy) is 1. The number of aromatic amines is 1. The van der Waals surface area contributed by atoms with Gasteiger partial charge >= 0.3 is 6.03 Å². The normalized spacial score (nSPS) is 14.8. The molecule has 2 aromatic carbocycles. The molecule has 0 bridgehead atoms. The molecule has 0 fully saturated rings. The summed E-state index contributed by atoms with van der Waals surface area (Å²) >= 11 is 0. The first-order valence-electron chi connectivity index (χ1n) is 9.83. The molecule has 1 atom stereocenters. The number of halogens is 3. The van der Waals surface area contributed by atoms with Crippen molar-refractivity contribution in [3.8, 4) is 16.9 Å². The number of aliphatic hydroxyl groups is 1. The number of hydrogen-bond acceptors (Lipinski definition) is 4. The van der Waals surface area contributed by atoms with Gasteiger partial charge in [-0.25, -0.2) is 13.6 Å². The fourth-order valence-electron chi connectivity index (χ4n) is 3.79. The maximum absolute atomic E-state index is 14.8. The molecule has 1 aliphatic heterocycles. The third-order valence-corrected chi connectivity index (χ3v) is 5.64. The van der Waals surface area contributed by atoms with Gasteiger partial charge in [-0.05, 0) is 48.7 Å². The molecule has 1 unspecified atom stereocenters. The Bertz CT molecular complexity index is 1180. The summed E-state index contributed by atoms with van der Waals surface area (Å²) in [6.07, 6.45) is 1.62. The smallest absolute Gasteiger partial charge is 0.322 e. The van der Waals surface area contributed by atoms with Gasteiger partial charge < -0.3 is 15.2 Å². The number of urea groups is 1. The molecule has 2 amide bonds. The molecule has 0 aliphatic carbocycles. The van der Waals surface area contributed by atoms with Crippen LogP contribution in [0.3, 0.4) is 0 Å². The van der Waals surface area contributed by atoms with Crippen molar-refractivity contribution in [2.45, 2.75) is 18.9 Å². The zero-order chi connectivity index (χ0) is 23.0. The zero-order valence-electron chi connectivity index (χ0n) is 17.4. The van der Waals surface area contributed by atoms with E-state index in [1.807, 2.05) is 0 Å². The first-order valence-corrected chi connectivity index (χ1v) is 9.83. The van der Waals surface area contributed by atoms with Crippen LogP contribution in [0.1, 0.15) is 18.1 Å². The van der Waals surface area contributed by atoms with E-state index in [1.54, 1.807) is 6.92 Å². The van der Waals surface area contributed by atoms with E-state index >= 15 is 0 Å². The number of amides is 2. The van der Waals surface area contributed by atoms with Gasteiger partial charge in [0.2, 0.25) is 5.95 Å². The Morgan fingerprint density at radius 3 is 2.69 bits per heavy atom. The summed E-state index contributed by atoms with van der Waals surface area (Å²) in [6.45, 7) is 1.28. The van der Waals surface area contributed by atoms with Crippen molar-refractivity contribution in [3.63, 3.8) is 0 Å². The van der Waals surface area contributed by atoms with Crippen LogP contribution in [-0.4, -0.2) is 41.6 Å². The number of methoxy groups -OCH3 is 1. The minimum absolute atomic E-state index is 0.00103. The highest BCUT2D eigenvalue weighted by molar-refractivity contribution is 5.95. The van der Waals surface area contributed by atoms with Crippen LogP contribution in [0.4, 0.5) is 23.7 Å². The van der Waals surface area contributed by atoms with Crippen molar-refractivity contribution in [1.82, 2.24) is 15.5 Å². The molecule has 2 heterocycles. The first-order chi connectivity index (χ1) is 15.3. The van der Waals surface area contributed by atoms with Crippen LogP contribution in [0.2, 0.25) is 0 Å². The number of hydrogen-bond donors (Lipinski definition) is 3. The monoisotopic (exact) mass is 446 g/mol. The van der Waals surface area contributed by atoms with Gasteiger partial charge in [0.15, 0.2) is 0 Å². The van der Waals surface area contributed by atoms with E-state index in [0.29, 0.717) is 23.2 Å². The second-order valence-electron chi connectivity index (χ2n) is 7.76. The van der Waals surface area contributed by atoms with Gasteiger partial charge in [0.25, 0.3) is 0 Å². The molecule has 7 nitrogen and oxygen atoms in total. The number of fused-ring (bicyclic) bond motifs is 1. The van der Waals surface area contributed by atoms with E-state index in [1.165, 1.54) is 48.5 Å². The van der Waals surface area contributed by atoms with Gasteiger partial charge in [0.1, 0.15) is 17.4 Å². The van der Waals surface area contributed by atoms with Crippen molar-refractivity contribution in [1.29, 1.82) is 0 Å². The molecule has 1 aliphatic rings. The Balaban J connectivity index is 1.62. The SMILES string of the molecule is COc1cc(F)cc(C(C)(CO)NC(=O)N2CCc3cc(-c4cn[nH]c4F)c(F)cc32)c1. The number of carbonyl (C=O) groups is 1. The van der Waals surface area contributed by atoms with Crippen LogP contribution in [0, 0.1) is 17.6 Å². The minimum Gasteiger partial charge on any atom is -0.497 e. The molecule has 10 heteroatoms. The van der Waals surface area contributed by atoms with Gasteiger partial charge in [0, 0.05) is 18.2 Å². The lowest BCUT2D eigenvalue weighted by Crippen LogP contribution is -2.51. The molecular weight excluding hydrogens is 425 g/mol. The summed E-state index contributed by atoms with van der Waals surface area (Å²) in [5.41, 5.74) is 0.0280. The second kappa shape index (κ2) is 8.19. The molecule has 0 saturated carbocycles. The van der Waals surface area contributed by atoms with E-state index in [0.717, 1.165) is 0 Å². The lowest BCUT2D eigenvalue weighted by molar-refractivity contribution is 0.173. The fourth-order valence-corrected chi connectivity index (χ4v) is 3.79. The molecule has 0 radical (unpaired) electrons. The van der Waals surface area contributed by atoms with E-state index < -0.39 is 35.8 Å². The van der Waals surface area contributed by atoms with Gasteiger partial charge in [0.05, 0.1) is 36.7 Å². The summed E-state index contributed by atoms with van der Waals surface area (Å²) in [5.74, 6) is -1.80. The van der Waals surface area contributed by atoms with E-state index in [-0.39, 0.29) is 23.4 Å². The molecular formula is C22H21F3N4O3. The van der Waals surface area contributed by atoms with Crippen molar-refractivity contribution in [3.05, 3.63) is 65.2 Å². The quantitative estimate of drug-likeness (QED) is 0.560. The van der Waals surface area contributed by atoms with Gasteiger partial charge in [-0.2, -0.15) is 9.49 Å². The summed E-state index contributed by atoms with van der Waals surface area (Å²) in [5, 5.41) is 18.4. The van der Waals surface area contributed by atoms with Crippen molar-refractivity contribution in [2.75, 3.05) is 25.2 Å². The number of H-pyrrole nitrogens is 1. The maximum atomic E-state index is 14.8. The highest BCUT2D eigenvalue weighted by Gasteiger charge is 2.34. The van der Waals surface area contributed by atoms with Crippen LogP contribution in [0.15, 0.2) is 36.5 Å². The average molecular weight is 446 g/mol. The van der Waals surface area contributed by atoms with Crippen LogP contribution >= 0.6 is 0 Å². The number of benzene rings is 2. The van der Waals surface area contributed by atoms with Crippen molar-refractivity contribution in [2.24, 2.45) is 0 Å². The Labute approximate surface area is 181 Å². The number of aliphatic hydroxyl groups excluding tert-OH is 1. The Morgan fingerprint density at radius 2 is 2.03 bits per heavy atom. The van der Waals surface area contributed by atoms with Crippen LogP contribution in [-0.2, 0) is 12.0 Å². The largest absolute Gasteiger partial charge is 0.497 e. The van der Waals surface area contributed by atoms with Crippen LogP contribution < -0.4 is 15.0 Å². The second-order valence-corrected chi connectivity index (χ2v) is 7.76. The minimum atomic E-state index is -1.33. The number of nitrogens with one attached hydrogen (secondary N) is 2. The first kappa shape index (κ1) is 21.7. The lowest BCUT2D eigenvalue weighted by Gasteiger charge is -2.32. The molecule has 0 spiro atoms. The molecule has 4 rings (SSSR count). The van der Waals surface area contributed by atoms with Crippen LogP contribution in [0.5, 0.6) is 5.75 Å². The van der Waals surface area contributed by atoms with Crippen molar-refractivity contribution >= 4 is 11.7 Å². The third kappa shape index (κ3) is 3.77. The Kier molecular flexibility index (Phi) is 5.55. The van der Waals surface area contributed by atoms with Gasteiger partial charge in [-0.3, -0.25) is 10.00 Å². The van der Waals surface area contributed by atoms with Crippen molar-refractivity contribution < 1.29 is 27.8 Å². The Hall–Kier alpha value is -3.53. The summed E-state index contributed by atoms with van der Waals surface area (Å²) in [6, 6.07) is 5.97. The molecule has 32 heavy (non-hydrogen) atoms. The average Bonchev–Trinajstić information content (AvgIpc) is 3.38. The van der Waals surface area contributed by atoms with Crippen LogP contribution in [0.25, 0.3) is 11.1 Å². The van der Waals surface area contributed by atoms with E-state index in [2.05, 4.69) is 15.5 Å². The Morgan fingerprint density at radius 1 is 1.25 bits per heavy atom. The molecule has 1 aromatic heterocycles. The summed E-state index contributed by atoms with van der Waals surface area (Å²) in [4.78, 5) is 14.4. The van der Waals surface area contributed by atoms with E-state index in [4.69, 9.17) is 4.74 Å². The number of anilines is 1. The lowest BCUT2D eigenvalue weighted by atomic mass is 9.92. The standard InChI is InChI=1S/C22H21F3N4O3/c1-22(11-30,13-6-14(23)8-15(7-13)32-2)27-21(31)29-4-3-12-5-16(18(24)9-19(12)29)17-10-26-28-20(17)25/h5-10,30H,3-4,11H2,1-2H3,(H,26,28)(H,27,31). The van der Waals surface area contributed by atoms with Gasteiger partial charge in [-0.1, -0.05) is 0 Å². The highest BCUT2D eigenvalue weighted by Crippen LogP contribution is 2.36. The fraction of sp³-hybridized carbons (Fsp3) is 0.273. The molecule has 168 valence electrons. The predicted molar refractivity (Wildman–Crippen MR) is 111 cm³/mol. The maximum Gasteiger partial charge on any atom is 0.322 e. The highest BCUT2D eigenvalue weighted by atomic mass is 19.1. The number of rotatable bonds is 5. The third-order valence-electron chi connectivity index (χ3n) is 5.64. The summed E-state index contributed by atoms with van der Waals surface area (Å²) in [7, 11) is 1.38. The number of aromatic nitrogens is 2. The number of carbonyl (C=O) groups excluding carboxylic acids is 1. The molecule has 3 aromatic rings. The van der Waals surface area contributed by atoms with E-state index in [9.17, 15) is 23.1 Å². The molecule has 0 saturated heterocycles. The molecule has 3 N–H and O–H groups in total. The topological polar surface area (TPSA) is 90.5 Å². The number of nitrogens with zero attached hydrogens (tertiary/aromatic N) is 2. The predicted octanol–water partition coefficient (Wildman–Crippen LogP) is 3.48. The van der Waals surface area contributed by atoms with Gasteiger partial charge in [-0.15, -0.1) is 0 Å². The zero-order valence-corrected chi connectivity index (χ0v) is 17.4. The summed E-state index contributed by atoms with van der Waals surface area (Å²) < 4.78 is 47.6.